The number of carboxylic acid groups (broad SMARTS) is 1. The molecule has 1 heterocycles. The molecule has 0 saturated heterocycles. The van der Waals surface area contributed by atoms with Gasteiger partial charge in [-0.05, 0) is 19.8 Å². The fourth-order valence-electron chi connectivity index (χ4n) is 2.34. The molecule has 20 heavy (non-hydrogen) atoms. The minimum absolute atomic E-state index is 0.475. The van der Waals surface area contributed by atoms with Crippen LogP contribution in [0.1, 0.15) is 32.4 Å². The summed E-state index contributed by atoms with van der Waals surface area (Å²) in [5.41, 5.74) is -0.174. The Morgan fingerprint density at radius 1 is 1.20 bits per heavy atom. The van der Waals surface area contributed by atoms with Gasteiger partial charge in [-0.2, -0.15) is 5.10 Å². The van der Waals surface area contributed by atoms with Gasteiger partial charge in [0.05, 0.1) is 5.69 Å². The molecule has 0 atom stereocenters. The monoisotopic (exact) mass is 273 g/mol. The Morgan fingerprint density at radius 3 is 2.35 bits per heavy atom. The van der Waals surface area contributed by atoms with Crippen molar-refractivity contribution in [2.45, 2.75) is 39.2 Å². The van der Waals surface area contributed by atoms with E-state index in [1.54, 1.807) is 0 Å². The third-order valence-corrected chi connectivity index (χ3v) is 3.85. The molecular weight excluding hydrogens is 254 g/mol. The summed E-state index contributed by atoms with van der Waals surface area (Å²) in [5, 5.41) is 22.7. The summed E-state index contributed by atoms with van der Waals surface area (Å²) in [5.74, 6) is -0.341. The fraction of sp³-hybridized carbons (Fsp3) is 0.400. The van der Waals surface area contributed by atoms with Gasteiger partial charge in [-0.1, -0.05) is 38.1 Å². The van der Waals surface area contributed by atoms with Crippen LogP contribution in [0.5, 0.6) is 0 Å². The van der Waals surface area contributed by atoms with Crippen molar-refractivity contribution in [1.29, 1.82) is 0 Å². The maximum Gasteiger partial charge on any atom is 0.329 e. The van der Waals surface area contributed by atoms with Gasteiger partial charge in [0.15, 0.2) is 5.82 Å². The maximum atomic E-state index is 11.6. The molecule has 0 aliphatic rings. The van der Waals surface area contributed by atoms with Crippen LogP contribution in [0.3, 0.4) is 0 Å². The topological polar surface area (TPSA) is 75.1 Å². The summed E-state index contributed by atoms with van der Waals surface area (Å²) < 4.78 is 0. The quantitative estimate of drug-likeness (QED) is 0.876. The van der Waals surface area contributed by atoms with Crippen LogP contribution >= 0.6 is 0 Å². The van der Waals surface area contributed by atoms with Crippen molar-refractivity contribution in [2.24, 2.45) is 0 Å². The summed E-state index contributed by atoms with van der Waals surface area (Å²) in [7, 11) is 0. The number of nitrogens with zero attached hydrogens (tertiary/aromatic N) is 2. The van der Waals surface area contributed by atoms with Crippen LogP contribution in [0.15, 0.2) is 24.3 Å². The second kappa shape index (κ2) is 5.45. The van der Waals surface area contributed by atoms with Crippen LogP contribution in [0.4, 0.5) is 5.82 Å². The Kier molecular flexibility index (Phi) is 3.88. The highest BCUT2D eigenvalue weighted by molar-refractivity contribution is 5.95. The second-order valence-corrected chi connectivity index (χ2v) is 4.90. The average Bonchev–Trinajstić information content (AvgIpc) is 2.47. The summed E-state index contributed by atoms with van der Waals surface area (Å²) in [6, 6.07) is 7.74. The van der Waals surface area contributed by atoms with Gasteiger partial charge in [-0.3, -0.25) is 0 Å². The summed E-state index contributed by atoms with van der Waals surface area (Å²) >= 11 is 0. The van der Waals surface area contributed by atoms with Gasteiger partial charge in [-0.25, -0.2) is 4.79 Å². The number of aryl methyl sites for hydroxylation is 1. The molecule has 0 saturated carbocycles. The van der Waals surface area contributed by atoms with Crippen molar-refractivity contribution < 1.29 is 9.90 Å². The first-order chi connectivity index (χ1) is 9.54. The number of nitrogens with one attached hydrogen (secondary N) is 1. The molecule has 1 aromatic carbocycles. The smallest absolute Gasteiger partial charge is 0.329 e. The predicted molar refractivity (Wildman–Crippen MR) is 78.8 cm³/mol. The Hall–Kier alpha value is -2.17. The zero-order valence-corrected chi connectivity index (χ0v) is 12.0. The number of aromatic nitrogens is 2. The lowest BCUT2D eigenvalue weighted by Crippen LogP contribution is -2.45. The van der Waals surface area contributed by atoms with E-state index in [-0.39, 0.29) is 0 Å². The molecule has 0 spiro atoms. The molecule has 2 rings (SSSR count). The van der Waals surface area contributed by atoms with E-state index < -0.39 is 11.5 Å². The number of hydrogen-bond acceptors (Lipinski definition) is 4. The first-order valence-corrected chi connectivity index (χ1v) is 6.77. The van der Waals surface area contributed by atoms with E-state index in [4.69, 9.17) is 0 Å². The van der Waals surface area contributed by atoms with E-state index in [0.29, 0.717) is 18.7 Å². The largest absolute Gasteiger partial charge is 0.480 e. The molecule has 0 fully saturated rings. The number of hydrogen-bond donors (Lipinski definition) is 2. The first kappa shape index (κ1) is 14.2. The number of aliphatic carboxylic acids is 1. The SMILES string of the molecule is CCC(CC)(Nc1nnc(C)c2ccccc12)C(=O)O. The lowest BCUT2D eigenvalue weighted by molar-refractivity contribution is -0.142. The van der Waals surface area contributed by atoms with Gasteiger partial charge in [-0.15, -0.1) is 5.10 Å². The highest BCUT2D eigenvalue weighted by Crippen LogP contribution is 2.27. The number of fused-ring (bicyclic) bond motifs is 1. The molecule has 5 heteroatoms. The number of carboxylic acids is 1. The van der Waals surface area contributed by atoms with Crippen molar-refractivity contribution in [3.8, 4) is 0 Å². The first-order valence-electron chi connectivity index (χ1n) is 6.77. The fourth-order valence-corrected chi connectivity index (χ4v) is 2.34. The predicted octanol–water partition coefficient (Wildman–Crippen LogP) is 2.99. The van der Waals surface area contributed by atoms with Crippen molar-refractivity contribution in [1.82, 2.24) is 10.2 Å². The number of rotatable bonds is 5. The Morgan fingerprint density at radius 2 is 1.80 bits per heavy atom. The van der Waals surface area contributed by atoms with Gasteiger partial charge in [0.25, 0.3) is 0 Å². The van der Waals surface area contributed by atoms with Crippen molar-refractivity contribution >= 4 is 22.6 Å². The lowest BCUT2D eigenvalue weighted by Gasteiger charge is -2.29. The zero-order valence-electron chi connectivity index (χ0n) is 12.0. The normalized spacial score (nSPS) is 11.6. The molecular formula is C15H19N3O2. The van der Waals surface area contributed by atoms with Gasteiger partial charge >= 0.3 is 5.97 Å². The molecule has 106 valence electrons. The van der Waals surface area contributed by atoms with Crippen LogP contribution in [0.25, 0.3) is 10.8 Å². The molecule has 0 amide bonds. The van der Waals surface area contributed by atoms with Crippen LogP contribution in [-0.2, 0) is 4.79 Å². The van der Waals surface area contributed by atoms with Crippen molar-refractivity contribution in [2.75, 3.05) is 5.32 Å². The molecule has 5 nitrogen and oxygen atoms in total. The standard InChI is InChI=1S/C15H19N3O2/c1-4-15(5-2,14(19)20)16-13-12-9-7-6-8-11(12)10(3)17-18-13/h6-9H,4-5H2,1-3H3,(H,16,18)(H,19,20). The highest BCUT2D eigenvalue weighted by atomic mass is 16.4. The third kappa shape index (κ3) is 2.31. The van der Waals surface area contributed by atoms with Gasteiger partial charge < -0.3 is 10.4 Å². The van der Waals surface area contributed by atoms with Crippen molar-refractivity contribution in [3.05, 3.63) is 30.0 Å². The molecule has 0 bridgehead atoms. The molecule has 2 aromatic rings. The van der Waals surface area contributed by atoms with Gasteiger partial charge in [0.2, 0.25) is 0 Å². The number of benzene rings is 1. The summed E-state index contributed by atoms with van der Waals surface area (Å²) in [6.07, 6.45) is 0.950. The van der Waals surface area contributed by atoms with Crippen LogP contribution in [-0.4, -0.2) is 26.8 Å². The van der Waals surface area contributed by atoms with Crippen LogP contribution in [0.2, 0.25) is 0 Å². The second-order valence-electron chi connectivity index (χ2n) is 4.90. The molecule has 1 aromatic heterocycles. The van der Waals surface area contributed by atoms with Crippen LogP contribution < -0.4 is 5.32 Å². The van der Waals surface area contributed by atoms with Crippen molar-refractivity contribution in [3.63, 3.8) is 0 Å². The number of carbonyl (C=O) groups is 1. The zero-order chi connectivity index (χ0) is 14.8. The molecule has 2 N–H and O–H groups in total. The van der Waals surface area contributed by atoms with E-state index in [0.717, 1.165) is 16.5 Å². The van der Waals surface area contributed by atoms with Gasteiger partial charge in [0.1, 0.15) is 5.54 Å². The maximum absolute atomic E-state index is 11.6. The van der Waals surface area contributed by atoms with E-state index in [9.17, 15) is 9.90 Å². The minimum atomic E-state index is -1.01. The molecule has 0 aliphatic carbocycles. The summed E-state index contributed by atoms with van der Waals surface area (Å²) in [4.78, 5) is 11.6. The van der Waals surface area contributed by atoms with E-state index >= 15 is 0 Å². The van der Waals surface area contributed by atoms with E-state index in [2.05, 4.69) is 15.5 Å². The lowest BCUT2D eigenvalue weighted by atomic mass is 9.92. The van der Waals surface area contributed by atoms with E-state index in [1.807, 2.05) is 45.0 Å². The van der Waals surface area contributed by atoms with E-state index in [1.165, 1.54) is 0 Å². The average molecular weight is 273 g/mol. The third-order valence-electron chi connectivity index (χ3n) is 3.85. The van der Waals surface area contributed by atoms with Crippen LogP contribution in [0, 0.1) is 6.92 Å². The molecule has 0 aliphatic heterocycles. The van der Waals surface area contributed by atoms with Gasteiger partial charge in [0, 0.05) is 10.8 Å². The highest BCUT2D eigenvalue weighted by Gasteiger charge is 2.35. The Labute approximate surface area is 118 Å². The summed E-state index contributed by atoms with van der Waals surface area (Å²) in [6.45, 7) is 5.60. The Bertz CT molecular complexity index is 636. The Balaban J connectivity index is 2.54. The molecule has 0 unspecified atom stereocenters. The molecule has 0 radical (unpaired) electrons. The number of anilines is 1. The minimum Gasteiger partial charge on any atom is -0.480 e.